The van der Waals surface area contributed by atoms with Crippen molar-refractivity contribution in [3.63, 3.8) is 0 Å². The summed E-state index contributed by atoms with van der Waals surface area (Å²) in [7, 11) is 2.55. The van der Waals surface area contributed by atoms with Crippen molar-refractivity contribution in [3.8, 4) is 45.8 Å². The minimum atomic E-state index is -1.86. The Kier molecular flexibility index (Phi) is 6.84. The molecular formula is C23H24O13. The van der Waals surface area contributed by atoms with E-state index in [4.69, 9.17) is 23.4 Å². The number of rotatable bonds is 6. The van der Waals surface area contributed by atoms with Crippen LogP contribution < -0.4 is 19.6 Å². The predicted molar refractivity (Wildman–Crippen MR) is 120 cm³/mol. The van der Waals surface area contributed by atoms with Gasteiger partial charge in [-0.1, -0.05) is 0 Å². The van der Waals surface area contributed by atoms with Crippen LogP contribution in [0, 0.1) is 0 Å². The van der Waals surface area contributed by atoms with Gasteiger partial charge in [-0.25, -0.2) is 0 Å². The zero-order valence-corrected chi connectivity index (χ0v) is 19.0. The third-order valence-electron chi connectivity index (χ3n) is 5.74. The van der Waals surface area contributed by atoms with E-state index in [-0.39, 0.29) is 39.5 Å². The first-order chi connectivity index (χ1) is 17.1. The third-order valence-corrected chi connectivity index (χ3v) is 5.74. The average Bonchev–Trinajstić information content (AvgIpc) is 2.85. The van der Waals surface area contributed by atoms with E-state index in [9.17, 15) is 40.5 Å². The lowest BCUT2D eigenvalue weighted by atomic mass is 9.99. The van der Waals surface area contributed by atoms with Crippen LogP contribution in [-0.4, -0.2) is 87.3 Å². The van der Waals surface area contributed by atoms with E-state index in [0.29, 0.717) is 0 Å². The van der Waals surface area contributed by atoms with Crippen LogP contribution in [0.1, 0.15) is 0 Å². The Morgan fingerprint density at radius 2 is 1.56 bits per heavy atom. The van der Waals surface area contributed by atoms with Crippen LogP contribution in [0.4, 0.5) is 0 Å². The monoisotopic (exact) mass is 508 g/mol. The second kappa shape index (κ2) is 9.72. The highest BCUT2D eigenvalue weighted by molar-refractivity contribution is 5.88. The molecule has 7 N–H and O–H groups in total. The summed E-state index contributed by atoms with van der Waals surface area (Å²) < 4.78 is 27.1. The first-order valence-corrected chi connectivity index (χ1v) is 10.6. The van der Waals surface area contributed by atoms with E-state index in [1.165, 1.54) is 26.4 Å². The zero-order chi connectivity index (χ0) is 26.3. The summed E-state index contributed by atoms with van der Waals surface area (Å²) in [6.07, 6.45) is -8.42. The van der Waals surface area contributed by atoms with Gasteiger partial charge in [0.05, 0.1) is 20.8 Å². The first kappa shape index (κ1) is 25.3. The highest BCUT2D eigenvalue weighted by Gasteiger charge is 2.45. The normalized spacial score (nSPS) is 24.0. The zero-order valence-electron chi connectivity index (χ0n) is 19.0. The van der Waals surface area contributed by atoms with Crippen molar-refractivity contribution < 1.29 is 59.1 Å². The van der Waals surface area contributed by atoms with Gasteiger partial charge in [-0.3, -0.25) is 4.79 Å². The quantitative estimate of drug-likeness (QED) is 0.230. The Morgan fingerprint density at radius 3 is 2.14 bits per heavy atom. The predicted octanol–water partition coefficient (Wildman–Crippen LogP) is -0.227. The summed E-state index contributed by atoms with van der Waals surface area (Å²) in [5, 5.41) is 70.1. The summed E-state index contributed by atoms with van der Waals surface area (Å²) in [6.45, 7) is -0.740. The van der Waals surface area contributed by atoms with Crippen molar-refractivity contribution in [1.82, 2.24) is 0 Å². The molecule has 3 aromatic rings. The number of hydrogen-bond donors (Lipinski definition) is 7. The molecule has 5 atom stereocenters. The Bertz CT molecular complexity index is 1310. The molecule has 194 valence electrons. The Hall–Kier alpha value is -3.75. The minimum absolute atomic E-state index is 0.0651. The maximum atomic E-state index is 13.5. The van der Waals surface area contributed by atoms with Crippen LogP contribution in [0.25, 0.3) is 22.3 Å². The molecule has 1 aliphatic rings. The smallest absolute Gasteiger partial charge is 0.239 e. The molecular weight excluding hydrogens is 484 g/mol. The maximum Gasteiger partial charge on any atom is 0.239 e. The fourth-order valence-corrected chi connectivity index (χ4v) is 3.87. The number of phenols is 3. The second-order valence-electron chi connectivity index (χ2n) is 7.97. The molecule has 2 heterocycles. The van der Waals surface area contributed by atoms with Gasteiger partial charge in [-0.05, 0) is 12.1 Å². The van der Waals surface area contributed by atoms with Gasteiger partial charge in [0.1, 0.15) is 46.9 Å². The molecule has 0 bridgehead atoms. The van der Waals surface area contributed by atoms with E-state index in [1.54, 1.807) is 0 Å². The van der Waals surface area contributed by atoms with E-state index in [2.05, 4.69) is 0 Å². The summed E-state index contributed by atoms with van der Waals surface area (Å²) >= 11 is 0. The highest BCUT2D eigenvalue weighted by atomic mass is 16.7. The molecule has 13 heteroatoms. The number of benzene rings is 2. The largest absolute Gasteiger partial charge is 0.508 e. The number of hydrogen-bond acceptors (Lipinski definition) is 13. The lowest BCUT2D eigenvalue weighted by molar-refractivity contribution is -0.277. The van der Waals surface area contributed by atoms with E-state index in [0.717, 1.165) is 12.1 Å². The van der Waals surface area contributed by atoms with Gasteiger partial charge in [0, 0.05) is 17.7 Å². The molecule has 2 aromatic carbocycles. The number of methoxy groups -OCH3 is 2. The first-order valence-electron chi connectivity index (χ1n) is 10.6. The number of fused-ring (bicyclic) bond motifs is 1. The van der Waals surface area contributed by atoms with Crippen LogP contribution in [0.15, 0.2) is 33.5 Å². The fraction of sp³-hybridized carbons (Fsp3) is 0.348. The van der Waals surface area contributed by atoms with Gasteiger partial charge in [0.15, 0.2) is 17.3 Å². The number of aliphatic hydroxyl groups excluding tert-OH is 4. The van der Waals surface area contributed by atoms with Crippen LogP contribution in [0.5, 0.6) is 34.5 Å². The summed E-state index contributed by atoms with van der Waals surface area (Å²) in [5.74, 6) is -2.44. The number of aliphatic hydroxyl groups is 4. The lowest BCUT2D eigenvalue weighted by Gasteiger charge is -2.39. The SMILES string of the molecule is COc1cc(-c2oc3cc(O)cc(O)c3c(=O)c2O[C@H]2O[C@H](CO)[C@@H](O)[C@@H](O)[C@@H]2O)cc(OC)c1O. The van der Waals surface area contributed by atoms with Crippen molar-refractivity contribution in [2.75, 3.05) is 20.8 Å². The van der Waals surface area contributed by atoms with Crippen molar-refractivity contribution >= 4 is 11.0 Å². The molecule has 0 unspecified atom stereocenters. The standard InChI is InChI=1S/C23H24O13/c1-32-12-3-8(4-13(33-2)16(12)27)21-22(18(29)15-10(26)5-9(25)6-11(15)34-21)36-23-20(31)19(30)17(28)14(7-24)35-23/h3-6,14,17,19-20,23-28,30-31H,7H2,1-2H3/t14-,17-,19-,20+,23-/m1/s1. The molecule has 13 nitrogen and oxygen atoms in total. The molecule has 0 aliphatic carbocycles. The van der Waals surface area contributed by atoms with E-state index < -0.39 is 60.0 Å². The van der Waals surface area contributed by atoms with E-state index >= 15 is 0 Å². The lowest BCUT2D eigenvalue weighted by Crippen LogP contribution is -2.60. The minimum Gasteiger partial charge on any atom is -0.508 e. The third kappa shape index (κ3) is 4.23. The molecule has 0 saturated carbocycles. The van der Waals surface area contributed by atoms with Gasteiger partial charge >= 0.3 is 0 Å². The van der Waals surface area contributed by atoms with Gasteiger partial charge in [-0.2, -0.15) is 0 Å². The van der Waals surface area contributed by atoms with Crippen molar-refractivity contribution in [2.24, 2.45) is 0 Å². The molecule has 0 spiro atoms. The van der Waals surface area contributed by atoms with Gasteiger partial charge in [0.25, 0.3) is 0 Å². The summed E-state index contributed by atoms with van der Waals surface area (Å²) in [5.41, 5.74) is -1.12. The summed E-state index contributed by atoms with van der Waals surface area (Å²) in [6, 6.07) is 4.55. The maximum absolute atomic E-state index is 13.5. The molecule has 1 fully saturated rings. The van der Waals surface area contributed by atoms with Gasteiger partial charge < -0.3 is 59.1 Å². The van der Waals surface area contributed by atoms with E-state index in [1.807, 2.05) is 0 Å². The molecule has 0 radical (unpaired) electrons. The second-order valence-corrected chi connectivity index (χ2v) is 7.97. The molecule has 1 aliphatic heterocycles. The molecule has 36 heavy (non-hydrogen) atoms. The topological polar surface area (TPSA) is 209 Å². The van der Waals surface area contributed by atoms with Crippen LogP contribution in [-0.2, 0) is 4.74 Å². The molecule has 1 saturated heterocycles. The van der Waals surface area contributed by atoms with Crippen LogP contribution in [0.2, 0.25) is 0 Å². The molecule has 1 aromatic heterocycles. The Labute approximate surface area is 202 Å². The van der Waals surface area contributed by atoms with Crippen LogP contribution in [0.3, 0.4) is 0 Å². The number of ether oxygens (including phenoxy) is 4. The summed E-state index contributed by atoms with van der Waals surface area (Å²) in [4.78, 5) is 13.5. The van der Waals surface area contributed by atoms with Crippen molar-refractivity contribution in [2.45, 2.75) is 30.7 Å². The van der Waals surface area contributed by atoms with Crippen molar-refractivity contribution in [3.05, 3.63) is 34.5 Å². The average molecular weight is 508 g/mol. The van der Waals surface area contributed by atoms with Crippen LogP contribution >= 0.6 is 0 Å². The molecule has 4 rings (SSSR count). The highest BCUT2D eigenvalue weighted by Crippen LogP contribution is 2.43. The Balaban J connectivity index is 1.96. The van der Waals surface area contributed by atoms with Gasteiger partial charge in [0.2, 0.25) is 23.2 Å². The van der Waals surface area contributed by atoms with Crippen molar-refractivity contribution in [1.29, 1.82) is 0 Å². The number of aromatic hydroxyl groups is 3. The Morgan fingerprint density at radius 1 is 0.917 bits per heavy atom. The fourth-order valence-electron chi connectivity index (χ4n) is 3.87. The van der Waals surface area contributed by atoms with Gasteiger partial charge in [-0.15, -0.1) is 0 Å². The number of phenolic OH excluding ortho intramolecular Hbond substituents is 3. The molecule has 0 amide bonds.